The van der Waals surface area contributed by atoms with Crippen LogP contribution in [0.1, 0.15) is 28.8 Å². The maximum Gasteiger partial charge on any atom is 0.346 e. The number of rotatable bonds is 5. The van der Waals surface area contributed by atoms with Gasteiger partial charge in [-0.25, -0.2) is 9.18 Å². The summed E-state index contributed by atoms with van der Waals surface area (Å²) in [6.45, 7) is 5.80. The van der Waals surface area contributed by atoms with Gasteiger partial charge in [0.05, 0.1) is 22.9 Å². The molecule has 32 heavy (non-hydrogen) atoms. The van der Waals surface area contributed by atoms with E-state index in [0.29, 0.717) is 40.2 Å². The maximum atomic E-state index is 14.1. The Labute approximate surface area is 184 Å². The lowest BCUT2D eigenvalue weighted by Gasteiger charge is -2.07. The second-order valence-corrected chi connectivity index (χ2v) is 7.26. The number of ether oxygens (including phenoxy) is 2. The average Bonchev–Trinajstić information content (AvgIpc) is 2.98. The molecule has 3 aromatic carbocycles. The van der Waals surface area contributed by atoms with Crippen LogP contribution in [-0.2, 0) is 0 Å². The SMILES string of the molecule is CCOc1ccc(-c2cc(OC(=O)c3ccccc3F)c3c(C)oc(C)c3c(=O)c2)cc1. The molecule has 0 N–H and O–H groups in total. The van der Waals surface area contributed by atoms with Crippen molar-refractivity contribution in [2.45, 2.75) is 20.8 Å². The van der Waals surface area contributed by atoms with Gasteiger partial charge in [-0.2, -0.15) is 0 Å². The number of benzene rings is 2. The quantitative estimate of drug-likeness (QED) is 0.371. The molecular weight excluding hydrogens is 411 g/mol. The number of hydrogen-bond acceptors (Lipinski definition) is 5. The first kappa shape index (κ1) is 21.3. The third-order valence-corrected chi connectivity index (χ3v) is 5.12. The molecule has 1 aromatic heterocycles. The average molecular weight is 432 g/mol. The van der Waals surface area contributed by atoms with E-state index in [-0.39, 0.29) is 16.7 Å². The number of carbonyl (C=O) groups excluding carboxylic acids is 1. The molecule has 0 saturated carbocycles. The molecule has 0 spiro atoms. The topological polar surface area (TPSA) is 65.7 Å². The van der Waals surface area contributed by atoms with Gasteiger partial charge in [0.25, 0.3) is 0 Å². The minimum atomic E-state index is -0.862. The molecule has 0 aliphatic carbocycles. The standard InChI is InChI=1S/C26H21FO5/c1-4-30-19-11-9-17(10-12-19)18-13-22(28)24-15(2)31-16(3)25(24)23(14-18)32-26(29)20-7-5-6-8-21(20)27/h5-14H,4H2,1-3H3. The molecule has 162 valence electrons. The van der Waals surface area contributed by atoms with E-state index >= 15 is 0 Å². The number of carbonyl (C=O) groups is 1. The van der Waals surface area contributed by atoms with E-state index in [2.05, 4.69) is 0 Å². The summed E-state index contributed by atoms with van der Waals surface area (Å²) in [5.74, 6) is 0.117. The van der Waals surface area contributed by atoms with Crippen LogP contribution in [0, 0.1) is 19.7 Å². The zero-order valence-corrected chi connectivity index (χ0v) is 17.9. The Balaban J connectivity index is 1.90. The van der Waals surface area contributed by atoms with Crippen molar-refractivity contribution in [2.75, 3.05) is 6.61 Å². The Bertz CT molecular complexity index is 1370. The van der Waals surface area contributed by atoms with Gasteiger partial charge in [0.15, 0.2) is 5.43 Å². The first-order valence-corrected chi connectivity index (χ1v) is 10.2. The highest BCUT2D eigenvalue weighted by atomic mass is 19.1. The van der Waals surface area contributed by atoms with E-state index < -0.39 is 11.8 Å². The molecule has 1 heterocycles. The molecule has 6 heteroatoms. The normalized spacial score (nSPS) is 10.9. The Morgan fingerprint density at radius 2 is 1.62 bits per heavy atom. The summed E-state index contributed by atoms with van der Waals surface area (Å²) < 4.78 is 30.9. The van der Waals surface area contributed by atoms with Gasteiger partial charge in [-0.3, -0.25) is 4.79 Å². The summed E-state index contributed by atoms with van der Waals surface area (Å²) in [5, 5.41) is 0.699. The van der Waals surface area contributed by atoms with Crippen molar-refractivity contribution in [3.05, 3.63) is 93.8 Å². The Hall–Kier alpha value is -3.93. The van der Waals surface area contributed by atoms with Gasteiger partial charge in [0, 0.05) is 0 Å². The number of fused-ring (bicyclic) bond motifs is 1. The molecule has 0 unspecified atom stereocenters. The van der Waals surface area contributed by atoms with Crippen LogP contribution in [0.4, 0.5) is 4.39 Å². The third-order valence-electron chi connectivity index (χ3n) is 5.12. The summed E-state index contributed by atoms with van der Waals surface area (Å²) in [5.41, 5.74) is 0.810. The first-order chi connectivity index (χ1) is 15.4. The zero-order chi connectivity index (χ0) is 22.8. The van der Waals surface area contributed by atoms with Crippen LogP contribution >= 0.6 is 0 Å². The van der Waals surface area contributed by atoms with Crippen molar-refractivity contribution in [3.8, 4) is 22.6 Å². The molecule has 0 amide bonds. The summed E-state index contributed by atoms with van der Waals surface area (Å²) in [6.07, 6.45) is 0. The second kappa shape index (κ2) is 8.67. The molecule has 0 aliphatic rings. The molecule has 0 atom stereocenters. The van der Waals surface area contributed by atoms with Crippen LogP contribution < -0.4 is 14.9 Å². The predicted octanol–water partition coefficient (Wildman–Crippen LogP) is 5.83. The second-order valence-electron chi connectivity index (χ2n) is 7.26. The Kier molecular flexibility index (Phi) is 5.77. The van der Waals surface area contributed by atoms with E-state index in [9.17, 15) is 14.0 Å². The fraction of sp³-hybridized carbons (Fsp3) is 0.154. The van der Waals surface area contributed by atoms with E-state index in [0.717, 1.165) is 5.56 Å². The fourth-order valence-electron chi connectivity index (χ4n) is 3.68. The van der Waals surface area contributed by atoms with E-state index in [1.807, 2.05) is 19.1 Å². The largest absolute Gasteiger partial charge is 0.494 e. The molecular formula is C26H21FO5. The summed E-state index contributed by atoms with van der Waals surface area (Å²) in [4.78, 5) is 25.8. The molecule has 0 aliphatic heterocycles. The van der Waals surface area contributed by atoms with Crippen molar-refractivity contribution in [2.24, 2.45) is 0 Å². The summed E-state index contributed by atoms with van der Waals surface area (Å²) in [7, 11) is 0. The van der Waals surface area contributed by atoms with Crippen LogP contribution in [0.25, 0.3) is 21.9 Å². The summed E-state index contributed by atoms with van der Waals surface area (Å²) in [6, 6.07) is 15.9. The van der Waals surface area contributed by atoms with Crippen molar-refractivity contribution in [3.63, 3.8) is 0 Å². The van der Waals surface area contributed by atoms with Gasteiger partial charge in [-0.15, -0.1) is 0 Å². The number of esters is 1. The third kappa shape index (κ3) is 3.99. The highest BCUT2D eigenvalue weighted by Crippen LogP contribution is 2.34. The summed E-state index contributed by atoms with van der Waals surface area (Å²) >= 11 is 0. The minimum Gasteiger partial charge on any atom is -0.494 e. The van der Waals surface area contributed by atoms with Crippen molar-refractivity contribution < 1.29 is 23.1 Å². The zero-order valence-electron chi connectivity index (χ0n) is 17.9. The van der Waals surface area contributed by atoms with Gasteiger partial charge in [-0.05, 0) is 68.3 Å². The Morgan fingerprint density at radius 1 is 0.938 bits per heavy atom. The van der Waals surface area contributed by atoms with Crippen LogP contribution in [0.15, 0.2) is 69.9 Å². The highest BCUT2D eigenvalue weighted by molar-refractivity contribution is 5.97. The Morgan fingerprint density at radius 3 is 2.31 bits per heavy atom. The molecule has 0 saturated heterocycles. The minimum absolute atomic E-state index is 0.119. The van der Waals surface area contributed by atoms with Gasteiger partial charge in [-0.1, -0.05) is 24.3 Å². The molecule has 4 rings (SSSR count). The van der Waals surface area contributed by atoms with Crippen molar-refractivity contribution >= 4 is 16.7 Å². The fourth-order valence-corrected chi connectivity index (χ4v) is 3.68. The van der Waals surface area contributed by atoms with Gasteiger partial charge >= 0.3 is 5.97 Å². The lowest BCUT2D eigenvalue weighted by atomic mass is 10.1. The van der Waals surface area contributed by atoms with E-state index in [1.54, 1.807) is 38.1 Å². The van der Waals surface area contributed by atoms with Crippen molar-refractivity contribution in [1.82, 2.24) is 0 Å². The first-order valence-electron chi connectivity index (χ1n) is 10.2. The lowest BCUT2D eigenvalue weighted by molar-refractivity contribution is 0.0732. The van der Waals surface area contributed by atoms with Crippen LogP contribution in [0.5, 0.6) is 11.5 Å². The van der Waals surface area contributed by atoms with Crippen LogP contribution in [0.2, 0.25) is 0 Å². The number of furan rings is 1. The van der Waals surface area contributed by atoms with E-state index in [4.69, 9.17) is 13.9 Å². The van der Waals surface area contributed by atoms with E-state index in [1.165, 1.54) is 24.3 Å². The van der Waals surface area contributed by atoms with Crippen molar-refractivity contribution in [1.29, 1.82) is 0 Å². The maximum absolute atomic E-state index is 14.1. The van der Waals surface area contributed by atoms with Gasteiger partial charge < -0.3 is 13.9 Å². The lowest BCUT2D eigenvalue weighted by Crippen LogP contribution is -2.10. The molecule has 0 radical (unpaired) electrons. The number of hydrogen-bond donors (Lipinski definition) is 0. The van der Waals surface area contributed by atoms with Gasteiger partial charge in [0.2, 0.25) is 0 Å². The molecule has 0 bridgehead atoms. The smallest absolute Gasteiger partial charge is 0.346 e. The van der Waals surface area contributed by atoms with Crippen LogP contribution in [-0.4, -0.2) is 12.6 Å². The van der Waals surface area contributed by atoms with Gasteiger partial charge in [0.1, 0.15) is 28.8 Å². The van der Waals surface area contributed by atoms with Crippen LogP contribution in [0.3, 0.4) is 0 Å². The highest BCUT2D eigenvalue weighted by Gasteiger charge is 2.20. The molecule has 0 fully saturated rings. The molecule has 4 aromatic rings. The number of aryl methyl sites for hydroxylation is 2. The number of halogens is 1. The monoisotopic (exact) mass is 432 g/mol. The predicted molar refractivity (Wildman–Crippen MR) is 120 cm³/mol. The molecule has 5 nitrogen and oxygen atoms in total.